The molecule has 33 heavy (non-hydrogen) atoms. The fourth-order valence-corrected chi connectivity index (χ4v) is 4.67. The van der Waals surface area contributed by atoms with E-state index in [-0.39, 0.29) is 24.0 Å². The molecule has 8 nitrogen and oxygen atoms in total. The van der Waals surface area contributed by atoms with Crippen molar-refractivity contribution in [3.05, 3.63) is 70.4 Å². The standard InChI is InChI=1S/C24H21ClN2O6/c1-31-18-11-15(25)9-14-10-17(33-23(14)18)21(28)19-20(13-4-6-26-7-5-13)27(24(30)22(19)29)12-16-3-2-8-32-16/h4-7,9-11,16,20,29H,2-3,8,12H2,1H3. The Morgan fingerprint density at radius 2 is 2.09 bits per heavy atom. The zero-order valence-electron chi connectivity index (χ0n) is 17.8. The minimum atomic E-state index is -0.795. The number of pyridine rings is 1. The van der Waals surface area contributed by atoms with Gasteiger partial charge in [-0.15, -0.1) is 0 Å². The molecule has 1 amide bonds. The van der Waals surface area contributed by atoms with Gasteiger partial charge in [0.25, 0.3) is 5.91 Å². The van der Waals surface area contributed by atoms with Gasteiger partial charge in [-0.25, -0.2) is 0 Å². The van der Waals surface area contributed by atoms with Gasteiger partial charge in [-0.3, -0.25) is 14.6 Å². The van der Waals surface area contributed by atoms with E-state index in [0.29, 0.717) is 33.9 Å². The number of rotatable bonds is 6. The molecule has 0 saturated carbocycles. The Morgan fingerprint density at radius 3 is 2.79 bits per heavy atom. The molecular formula is C24H21ClN2O6. The number of carbonyl (C=O) groups excluding carboxylic acids is 2. The maximum Gasteiger partial charge on any atom is 0.290 e. The number of ether oxygens (including phenoxy) is 2. The zero-order chi connectivity index (χ0) is 23.1. The van der Waals surface area contributed by atoms with Crippen molar-refractivity contribution in [1.29, 1.82) is 0 Å². The average molecular weight is 469 g/mol. The number of methoxy groups -OCH3 is 1. The van der Waals surface area contributed by atoms with Crippen LogP contribution in [0.3, 0.4) is 0 Å². The Morgan fingerprint density at radius 1 is 1.30 bits per heavy atom. The van der Waals surface area contributed by atoms with Gasteiger partial charge in [-0.05, 0) is 42.7 Å². The number of Topliss-reactive ketones (excluding diaryl/α,β-unsaturated/α-hetero) is 1. The summed E-state index contributed by atoms with van der Waals surface area (Å²) in [5.41, 5.74) is 0.958. The van der Waals surface area contributed by atoms with Crippen molar-refractivity contribution in [3.63, 3.8) is 0 Å². The Bertz CT molecular complexity index is 1260. The van der Waals surface area contributed by atoms with Crippen LogP contribution in [0.5, 0.6) is 5.75 Å². The number of benzene rings is 1. The van der Waals surface area contributed by atoms with Gasteiger partial charge in [0.1, 0.15) is 0 Å². The highest BCUT2D eigenvalue weighted by Crippen LogP contribution is 2.41. The third kappa shape index (κ3) is 3.75. The lowest BCUT2D eigenvalue weighted by molar-refractivity contribution is -0.131. The van der Waals surface area contributed by atoms with Gasteiger partial charge in [-0.2, -0.15) is 0 Å². The summed E-state index contributed by atoms with van der Waals surface area (Å²) < 4.78 is 16.8. The van der Waals surface area contributed by atoms with E-state index in [1.165, 1.54) is 18.1 Å². The molecule has 0 spiro atoms. The lowest BCUT2D eigenvalue weighted by atomic mass is 9.95. The average Bonchev–Trinajstić information content (AvgIpc) is 3.54. The van der Waals surface area contributed by atoms with Crippen LogP contribution in [-0.4, -0.2) is 53.0 Å². The molecule has 1 aromatic carbocycles. The number of furan rings is 1. The van der Waals surface area contributed by atoms with Crippen molar-refractivity contribution < 1.29 is 28.6 Å². The highest BCUT2D eigenvalue weighted by molar-refractivity contribution is 6.31. The molecule has 170 valence electrons. The van der Waals surface area contributed by atoms with E-state index in [1.807, 2.05) is 0 Å². The lowest BCUT2D eigenvalue weighted by Crippen LogP contribution is -2.37. The molecule has 4 heterocycles. The molecule has 0 radical (unpaired) electrons. The van der Waals surface area contributed by atoms with Crippen molar-refractivity contribution in [1.82, 2.24) is 9.88 Å². The summed E-state index contributed by atoms with van der Waals surface area (Å²) in [5, 5.41) is 11.8. The van der Waals surface area contributed by atoms with E-state index in [1.54, 1.807) is 36.7 Å². The first-order chi connectivity index (χ1) is 16.0. The number of hydrogen-bond donors (Lipinski definition) is 1. The van der Waals surface area contributed by atoms with Crippen LogP contribution in [0.25, 0.3) is 11.0 Å². The van der Waals surface area contributed by atoms with Crippen LogP contribution in [0.15, 0.2) is 58.5 Å². The van der Waals surface area contributed by atoms with Crippen LogP contribution in [0.1, 0.15) is 35.0 Å². The molecule has 0 bridgehead atoms. The molecule has 9 heteroatoms. The highest BCUT2D eigenvalue weighted by atomic mass is 35.5. The molecule has 1 fully saturated rings. The summed E-state index contributed by atoms with van der Waals surface area (Å²) in [5.74, 6) is -1.45. The first-order valence-electron chi connectivity index (χ1n) is 10.6. The van der Waals surface area contributed by atoms with Crippen LogP contribution in [0.2, 0.25) is 5.02 Å². The zero-order valence-corrected chi connectivity index (χ0v) is 18.5. The number of carbonyl (C=O) groups is 2. The van der Waals surface area contributed by atoms with Gasteiger partial charge in [0.2, 0.25) is 5.78 Å². The molecule has 3 aromatic rings. The summed E-state index contributed by atoms with van der Waals surface area (Å²) in [6.07, 6.45) is 4.71. The number of aliphatic hydroxyl groups excluding tert-OH is 1. The second-order valence-electron chi connectivity index (χ2n) is 8.00. The molecule has 5 rings (SSSR count). The minimum Gasteiger partial charge on any atom is -0.503 e. The third-order valence-electron chi connectivity index (χ3n) is 5.99. The Kier molecular flexibility index (Phi) is 5.55. The fourth-order valence-electron chi connectivity index (χ4n) is 4.46. The van der Waals surface area contributed by atoms with Crippen molar-refractivity contribution >= 4 is 34.3 Å². The van der Waals surface area contributed by atoms with Gasteiger partial charge in [0.05, 0.1) is 24.8 Å². The van der Waals surface area contributed by atoms with Crippen LogP contribution in [0.4, 0.5) is 0 Å². The van der Waals surface area contributed by atoms with Gasteiger partial charge in [0.15, 0.2) is 22.9 Å². The molecule has 2 unspecified atom stereocenters. The van der Waals surface area contributed by atoms with E-state index >= 15 is 0 Å². The number of fused-ring (bicyclic) bond motifs is 1. The smallest absolute Gasteiger partial charge is 0.290 e. The second kappa shape index (κ2) is 8.53. The molecule has 2 atom stereocenters. The van der Waals surface area contributed by atoms with Crippen molar-refractivity contribution in [2.75, 3.05) is 20.3 Å². The summed E-state index contributed by atoms with van der Waals surface area (Å²) in [7, 11) is 1.47. The molecular weight excluding hydrogens is 448 g/mol. The van der Waals surface area contributed by atoms with Crippen molar-refractivity contribution in [2.24, 2.45) is 0 Å². The van der Waals surface area contributed by atoms with Crippen molar-refractivity contribution in [2.45, 2.75) is 25.0 Å². The number of hydrogen-bond acceptors (Lipinski definition) is 7. The van der Waals surface area contributed by atoms with E-state index < -0.39 is 23.5 Å². The fraction of sp³-hybridized carbons (Fsp3) is 0.292. The van der Waals surface area contributed by atoms with Gasteiger partial charge in [-0.1, -0.05) is 11.6 Å². The number of aromatic nitrogens is 1. The molecule has 2 aliphatic heterocycles. The Hall–Kier alpha value is -3.36. The van der Waals surface area contributed by atoms with Crippen LogP contribution < -0.4 is 4.74 Å². The van der Waals surface area contributed by atoms with E-state index in [4.69, 9.17) is 25.5 Å². The molecule has 1 N–H and O–H groups in total. The lowest BCUT2D eigenvalue weighted by Gasteiger charge is -2.28. The summed E-state index contributed by atoms with van der Waals surface area (Å²) in [6, 6.07) is 7.40. The highest BCUT2D eigenvalue weighted by Gasteiger charge is 2.45. The minimum absolute atomic E-state index is 0.0297. The first-order valence-corrected chi connectivity index (χ1v) is 10.9. The third-order valence-corrected chi connectivity index (χ3v) is 6.20. The summed E-state index contributed by atoms with van der Waals surface area (Å²) in [4.78, 5) is 32.2. The molecule has 0 aliphatic carbocycles. The number of aliphatic hydroxyl groups is 1. The van der Waals surface area contributed by atoms with E-state index in [0.717, 1.165) is 12.8 Å². The van der Waals surface area contributed by atoms with Crippen LogP contribution >= 0.6 is 11.6 Å². The molecule has 2 aliphatic rings. The maximum absolute atomic E-state index is 13.6. The normalized spacial score (nSPS) is 20.8. The topological polar surface area (TPSA) is 102 Å². The van der Waals surface area contributed by atoms with Gasteiger partial charge < -0.3 is 23.9 Å². The first kappa shape index (κ1) is 21.5. The van der Waals surface area contributed by atoms with Crippen molar-refractivity contribution in [3.8, 4) is 5.75 Å². The Balaban J connectivity index is 1.58. The predicted octanol–water partition coefficient (Wildman–Crippen LogP) is 4.25. The number of ketones is 1. The SMILES string of the molecule is COc1cc(Cl)cc2cc(C(=O)C3=C(O)C(=O)N(CC4CCCO4)C3c3ccncc3)oc12. The van der Waals surface area contributed by atoms with Crippen LogP contribution in [-0.2, 0) is 9.53 Å². The van der Waals surface area contributed by atoms with E-state index in [9.17, 15) is 14.7 Å². The van der Waals surface area contributed by atoms with E-state index in [2.05, 4.69) is 4.98 Å². The monoisotopic (exact) mass is 468 g/mol. The molecule has 1 saturated heterocycles. The van der Waals surface area contributed by atoms with Gasteiger partial charge >= 0.3 is 0 Å². The largest absolute Gasteiger partial charge is 0.503 e. The second-order valence-corrected chi connectivity index (χ2v) is 8.44. The number of amides is 1. The summed E-state index contributed by atoms with van der Waals surface area (Å²) in [6.45, 7) is 0.886. The van der Waals surface area contributed by atoms with Crippen LogP contribution in [0, 0.1) is 0 Å². The maximum atomic E-state index is 13.6. The number of halogens is 1. The quantitative estimate of drug-likeness (QED) is 0.539. The Labute approximate surface area is 194 Å². The number of nitrogens with zero attached hydrogens (tertiary/aromatic N) is 2. The summed E-state index contributed by atoms with van der Waals surface area (Å²) >= 11 is 6.14. The molecule has 2 aromatic heterocycles. The van der Waals surface area contributed by atoms with Gasteiger partial charge in [0, 0.05) is 42.0 Å². The predicted molar refractivity (Wildman–Crippen MR) is 119 cm³/mol.